The summed E-state index contributed by atoms with van der Waals surface area (Å²) < 4.78 is 0. The lowest BCUT2D eigenvalue weighted by Crippen LogP contribution is -2.47. The van der Waals surface area contributed by atoms with Crippen molar-refractivity contribution in [1.29, 1.82) is 0 Å². The van der Waals surface area contributed by atoms with Gasteiger partial charge in [0.05, 0.1) is 0 Å². The zero-order valence-electron chi connectivity index (χ0n) is 11.3. The van der Waals surface area contributed by atoms with Crippen LogP contribution in [0.3, 0.4) is 0 Å². The fourth-order valence-electron chi connectivity index (χ4n) is 2.57. The Morgan fingerprint density at radius 3 is 2.44 bits per heavy atom. The molecule has 18 heavy (non-hydrogen) atoms. The third-order valence-electron chi connectivity index (χ3n) is 3.85. The lowest BCUT2D eigenvalue weighted by atomic mass is 9.79. The van der Waals surface area contributed by atoms with E-state index in [0.717, 1.165) is 38.2 Å². The van der Waals surface area contributed by atoms with E-state index < -0.39 is 0 Å². The van der Waals surface area contributed by atoms with E-state index in [0.29, 0.717) is 0 Å². The molecule has 98 valence electrons. The van der Waals surface area contributed by atoms with Crippen LogP contribution < -0.4 is 10.2 Å². The van der Waals surface area contributed by atoms with Crippen molar-refractivity contribution in [2.24, 2.45) is 5.41 Å². The fraction of sp³-hybridized carbons (Fsp3) is 0.533. The second-order valence-electron chi connectivity index (χ2n) is 5.20. The van der Waals surface area contributed by atoms with Gasteiger partial charge in [0.1, 0.15) is 0 Å². The Balaban J connectivity index is 2.20. The number of hydrogen-bond acceptors (Lipinski definition) is 2. The first-order chi connectivity index (χ1) is 8.67. The van der Waals surface area contributed by atoms with Crippen LogP contribution >= 0.6 is 0 Å². The van der Waals surface area contributed by atoms with E-state index >= 15 is 0 Å². The van der Waals surface area contributed by atoms with Crippen molar-refractivity contribution in [3.63, 3.8) is 0 Å². The van der Waals surface area contributed by atoms with E-state index in [1.54, 1.807) is 0 Å². The first-order valence-electron chi connectivity index (χ1n) is 6.75. The van der Waals surface area contributed by atoms with Crippen molar-refractivity contribution in [1.82, 2.24) is 5.32 Å². The fourth-order valence-corrected chi connectivity index (χ4v) is 2.57. The number of hydrogen-bond donors (Lipinski definition) is 1. The van der Waals surface area contributed by atoms with Crippen LogP contribution in [0.4, 0.5) is 5.69 Å². The Morgan fingerprint density at radius 1 is 1.28 bits per heavy atom. The largest absolute Gasteiger partial charge is 0.317 e. The number of benzene rings is 1. The van der Waals surface area contributed by atoms with Crippen LogP contribution in [0.2, 0.25) is 0 Å². The summed E-state index contributed by atoms with van der Waals surface area (Å²) in [6.07, 6.45) is 1.85. The molecule has 1 aromatic rings. The molecule has 1 saturated heterocycles. The van der Waals surface area contributed by atoms with Crippen molar-refractivity contribution in [3.05, 3.63) is 30.3 Å². The van der Waals surface area contributed by atoms with Gasteiger partial charge in [-0.05, 0) is 45.0 Å². The molecule has 1 aliphatic heterocycles. The summed E-state index contributed by atoms with van der Waals surface area (Å²) in [6.45, 7) is 6.74. The number of amides is 1. The lowest BCUT2D eigenvalue weighted by molar-refractivity contribution is -0.128. The van der Waals surface area contributed by atoms with Gasteiger partial charge in [0.15, 0.2) is 0 Å². The van der Waals surface area contributed by atoms with Crippen molar-refractivity contribution in [2.75, 3.05) is 24.5 Å². The van der Waals surface area contributed by atoms with E-state index in [2.05, 4.69) is 12.2 Å². The van der Waals surface area contributed by atoms with Crippen LogP contribution in [0, 0.1) is 5.41 Å². The summed E-state index contributed by atoms with van der Waals surface area (Å²) >= 11 is 0. The van der Waals surface area contributed by atoms with Gasteiger partial charge in [-0.2, -0.15) is 0 Å². The third kappa shape index (κ3) is 2.56. The summed E-state index contributed by atoms with van der Waals surface area (Å²) in [7, 11) is 0. The zero-order valence-corrected chi connectivity index (χ0v) is 11.3. The number of rotatable bonds is 3. The number of carbonyl (C=O) groups excluding carboxylic acids is 1. The monoisotopic (exact) mass is 246 g/mol. The highest BCUT2D eigenvalue weighted by Gasteiger charge is 2.37. The van der Waals surface area contributed by atoms with Gasteiger partial charge in [-0.3, -0.25) is 4.79 Å². The molecule has 1 aromatic carbocycles. The van der Waals surface area contributed by atoms with Gasteiger partial charge < -0.3 is 10.2 Å². The van der Waals surface area contributed by atoms with Crippen molar-refractivity contribution < 1.29 is 4.79 Å². The number of carbonyl (C=O) groups is 1. The summed E-state index contributed by atoms with van der Waals surface area (Å²) in [5.74, 6) is 0.262. The Bertz CT molecular complexity index is 396. The van der Waals surface area contributed by atoms with Crippen LogP contribution in [0.5, 0.6) is 0 Å². The molecule has 0 atom stereocenters. The Hall–Kier alpha value is -1.35. The minimum Gasteiger partial charge on any atom is -0.317 e. The Kier molecular flexibility index (Phi) is 4.02. The maximum atomic E-state index is 12.7. The van der Waals surface area contributed by atoms with Gasteiger partial charge in [0, 0.05) is 17.6 Å². The molecule has 1 heterocycles. The molecule has 1 aliphatic rings. The molecule has 0 spiro atoms. The maximum absolute atomic E-state index is 12.7. The van der Waals surface area contributed by atoms with E-state index in [-0.39, 0.29) is 11.3 Å². The number of para-hydroxylation sites is 1. The third-order valence-corrected chi connectivity index (χ3v) is 3.85. The minimum absolute atomic E-state index is 0.211. The Morgan fingerprint density at radius 2 is 1.89 bits per heavy atom. The van der Waals surface area contributed by atoms with Crippen molar-refractivity contribution >= 4 is 11.6 Å². The molecule has 3 nitrogen and oxygen atoms in total. The molecule has 1 fully saturated rings. The number of nitrogens with one attached hydrogen (secondary N) is 1. The van der Waals surface area contributed by atoms with Gasteiger partial charge in [0.25, 0.3) is 0 Å². The highest BCUT2D eigenvalue weighted by atomic mass is 16.2. The molecule has 0 saturated carbocycles. The van der Waals surface area contributed by atoms with E-state index in [4.69, 9.17) is 0 Å². The van der Waals surface area contributed by atoms with Gasteiger partial charge in [-0.1, -0.05) is 25.1 Å². The van der Waals surface area contributed by atoms with E-state index in [9.17, 15) is 4.79 Å². The maximum Gasteiger partial charge on any atom is 0.233 e. The summed E-state index contributed by atoms with van der Waals surface area (Å²) in [5, 5.41) is 3.32. The number of piperidine rings is 1. The highest BCUT2D eigenvalue weighted by Crippen LogP contribution is 2.32. The molecule has 0 aliphatic carbocycles. The summed E-state index contributed by atoms with van der Waals surface area (Å²) in [6, 6.07) is 9.96. The number of nitrogens with zero attached hydrogens (tertiary/aromatic N) is 1. The SMILES string of the molecule is CCN(C(=O)C1(C)CCNCC1)c1ccccc1. The van der Waals surface area contributed by atoms with Crippen molar-refractivity contribution in [3.8, 4) is 0 Å². The Labute approximate surface area is 109 Å². The molecular weight excluding hydrogens is 224 g/mol. The van der Waals surface area contributed by atoms with Crippen LogP contribution in [0.1, 0.15) is 26.7 Å². The van der Waals surface area contributed by atoms with Crippen LogP contribution in [-0.4, -0.2) is 25.5 Å². The highest BCUT2D eigenvalue weighted by molar-refractivity contribution is 5.97. The molecule has 0 radical (unpaired) electrons. The molecule has 3 heteroatoms. The average Bonchev–Trinajstić information content (AvgIpc) is 2.41. The first-order valence-corrected chi connectivity index (χ1v) is 6.75. The quantitative estimate of drug-likeness (QED) is 0.888. The topological polar surface area (TPSA) is 32.3 Å². The van der Waals surface area contributed by atoms with Gasteiger partial charge in [0.2, 0.25) is 5.91 Å². The second kappa shape index (κ2) is 5.53. The summed E-state index contributed by atoms with van der Waals surface area (Å²) in [4.78, 5) is 14.7. The molecule has 1 N–H and O–H groups in total. The van der Waals surface area contributed by atoms with Crippen LogP contribution in [0.25, 0.3) is 0 Å². The first kappa shape index (κ1) is 13.1. The molecule has 0 unspecified atom stereocenters. The lowest BCUT2D eigenvalue weighted by Gasteiger charge is -2.37. The average molecular weight is 246 g/mol. The molecule has 0 aromatic heterocycles. The smallest absolute Gasteiger partial charge is 0.233 e. The molecule has 1 amide bonds. The van der Waals surface area contributed by atoms with Crippen molar-refractivity contribution in [2.45, 2.75) is 26.7 Å². The predicted octanol–water partition coefficient (Wildman–Crippen LogP) is 2.43. The molecular formula is C15H22N2O. The second-order valence-corrected chi connectivity index (χ2v) is 5.20. The van der Waals surface area contributed by atoms with E-state index in [1.165, 1.54) is 0 Å². The molecule has 0 bridgehead atoms. The van der Waals surface area contributed by atoms with Crippen LogP contribution in [-0.2, 0) is 4.79 Å². The van der Waals surface area contributed by atoms with Crippen LogP contribution in [0.15, 0.2) is 30.3 Å². The van der Waals surface area contributed by atoms with Gasteiger partial charge in [-0.25, -0.2) is 0 Å². The summed E-state index contributed by atoms with van der Waals surface area (Å²) in [5.41, 5.74) is 0.793. The minimum atomic E-state index is -0.211. The number of anilines is 1. The van der Waals surface area contributed by atoms with Gasteiger partial charge in [-0.15, -0.1) is 0 Å². The van der Waals surface area contributed by atoms with E-state index in [1.807, 2.05) is 42.2 Å². The zero-order chi connectivity index (χ0) is 13.0. The normalized spacial score (nSPS) is 18.3. The predicted molar refractivity (Wildman–Crippen MR) is 74.7 cm³/mol. The molecule has 2 rings (SSSR count). The van der Waals surface area contributed by atoms with Gasteiger partial charge >= 0.3 is 0 Å². The standard InChI is InChI=1S/C15H22N2O/c1-3-17(13-7-5-4-6-8-13)14(18)15(2)9-11-16-12-10-15/h4-8,16H,3,9-12H2,1-2H3.